The van der Waals surface area contributed by atoms with Crippen molar-refractivity contribution in [3.63, 3.8) is 0 Å². The summed E-state index contributed by atoms with van der Waals surface area (Å²) in [5, 5.41) is 8.34. The molecule has 0 aliphatic rings. The third-order valence-electron chi connectivity index (χ3n) is 5.58. The maximum absolute atomic E-state index is 5.40. The van der Waals surface area contributed by atoms with Crippen LogP contribution in [-0.4, -0.2) is 5.75 Å². The zero-order valence-electron chi connectivity index (χ0n) is 16.7. The summed E-state index contributed by atoms with van der Waals surface area (Å²) < 4.78 is 0. The predicted octanol–water partition coefficient (Wildman–Crippen LogP) is 9.54. The summed E-state index contributed by atoms with van der Waals surface area (Å²) in [6, 6.07) is 8.33. The third kappa shape index (κ3) is 4.67. The Morgan fingerprint density at radius 3 is 1.56 bits per heavy atom. The van der Waals surface area contributed by atoms with Gasteiger partial charge in [-0.2, -0.15) is 25.3 Å². The lowest BCUT2D eigenvalue weighted by atomic mass is 9.67. The monoisotopic (exact) mass is 606 g/mol. The zero-order chi connectivity index (χ0) is 22.9. The largest absolute Gasteiger partial charge is 0.179 e. The molecule has 0 nitrogen and oxygen atoms in total. The van der Waals surface area contributed by atoms with E-state index in [-0.39, 0.29) is 11.2 Å². The Labute approximate surface area is 238 Å². The summed E-state index contributed by atoms with van der Waals surface area (Å²) in [4.78, 5) is 8.83. The van der Waals surface area contributed by atoms with Gasteiger partial charge < -0.3 is 0 Å². The molecular formula is C22H22S10. The molecule has 0 saturated heterocycles. The Kier molecular flexibility index (Phi) is 9.18. The van der Waals surface area contributed by atoms with Gasteiger partial charge in [0, 0.05) is 45.0 Å². The van der Waals surface area contributed by atoms with E-state index < -0.39 is 5.41 Å². The topological polar surface area (TPSA) is 0 Å². The molecule has 32 heavy (non-hydrogen) atoms. The summed E-state index contributed by atoms with van der Waals surface area (Å²) in [6.45, 7) is 0. The molecule has 0 aliphatic carbocycles. The lowest BCUT2D eigenvalue weighted by Gasteiger charge is -2.45. The lowest BCUT2D eigenvalue weighted by Crippen LogP contribution is -2.38. The van der Waals surface area contributed by atoms with E-state index in [9.17, 15) is 0 Å². The van der Waals surface area contributed by atoms with E-state index in [2.05, 4.69) is 58.4 Å². The number of hydrogen-bond donors (Lipinski definition) is 6. The fourth-order valence-electron chi connectivity index (χ4n) is 4.24. The van der Waals surface area contributed by atoms with Crippen LogP contribution in [0.15, 0.2) is 65.4 Å². The van der Waals surface area contributed by atoms with Crippen molar-refractivity contribution in [2.45, 2.75) is 49.0 Å². The van der Waals surface area contributed by atoms with E-state index >= 15 is 0 Å². The van der Waals surface area contributed by atoms with Crippen LogP contribution in [0.5, 0.6) is 0 Å². The minimum atomic E-state index is -0.479. The zero-order valence-corrected chi connectivity index (χ0v) is 25.3. The molecule has 0 bridgehead atoms. The summed E-state index contributed by atoms with van der Waals surface area (Å²) >= 11 is 36.5. The Hall–Kier alpha value is 0.900. The van der Waals surface area contributed by atoms with E-state index in [1.165, 1.54) is 14.6 Å². The molecular weight excluding hydrogens is 585 g/mol. The number of thiophene rings is 4. The summed E-state index contributed by atoms with van der Waals surface area (Å²) in [7, 11) is 0. The first kappa shape index (κ1) is 26.0. The molecule has 0 radical (unpaired) electrons. The molecule has 2 atom stereocenters. The number of thiol groups is 6. The van der Waals surface area contributed by atoms with Crippen LogP contribution in [0.25, 0.3) is 0 Å². The van der Waals surface area contributed by atoms with Gasteiger partial charge in [0.1, 0.15) is 0 Å². The molecule has 170 valence electrons. The third-order valence-corrected chi connectivity index (χ3v) is 13.0. The highest BCUT2D eigenvalue weighted by molar-refractivity contribution is 7.82. The lowest BCUT2D eigenvalue weighted by molar-refractivity contribution is 0.383. The van der Waals surface area contributed by atoms with E-state index in [4.69, 9.17) is 63.1 Å². The van der Waals surface area contributed by atoms with E-state index in [1.807, 2.05) is 0 Å². The van der Waals surface area contributed by atoms with Crippen LogP contribution in [0.4, 0.5) is 0 Å². The summed E-state index contributed by atoms with van der Waals surface area (Å²) in [5.74, 6) is 0.957. The first-order chi connectivity index (χ1) is 15.4. The van der Waals surface area contributed by atoms with Crippen LogP contribution >= 0.6 is 121 Å². The first-order valence-electron chi connectivity index (χ1n) is 9.78. The van der Waals surface area contributed by atoms with Gasteiger partial charge in [-0.15, -0.1) is 95.9 Å². The normalized spacial score (nSPS) is 14.1. The van der Waals surface area contributed by atoms with Crippen molar-refractivity contribution in [1.29, 1.82) is 0 Å². The molecule has 0 N–H and O–H groups in total. The van der Waals surface area contributed by atoms with Gasteiger partial charge in [0.05, 0.1) is 10.7 Å². The van der Waals surface area contributed by atoms with Crippen molar-refractivity contribution in [1.82, 2.24) is 0 Å². The molecule has 0 aromatic carbocycles. The van der Waals surface area contributed by atoms with Crippen molar-refractivity contribution in [2.75, 3.05) is 5.75 Å². The predicted molar refractivity (Wildman–Crippen MR) is 165 cm³/mol. The smallest absolute Gasteiger partial charge is 0.0653 e. The van der Waals surface area contributed by atoms with Crippen LogP contribution in [0.2, 0.25) is 0 Å². The van der Waals surface area contributed by atoms with Crippen molar-refractivity contribution >= 4 is 121 Å². The molecule has 10 heteroatoms. The standard InChI is InChI=1S/C22H22S10/c23-7-1-2-12(17-13(24)3-8-29-17)22(20-15(26)5-10-31-20,21-16(27)6-11-32-21)19(28)18-14(25)4-9-30-18/h3-6,8-12,19,23-28H,1-2,7H2. The summed E-state index contributed by atoms with van der Waals surface area (Å²) in [6.07, 6.45) is 1.94. The molecule has 0 spiro atoms. The highest BCUT2D eigenvalue weighted by Crippen LogP contribution is 2.63. The Balaban J connectivity index is 2.10. The molecule has 0 aliphatic heterocycles. The average Bonchev–Trinajstić information content (AvgIpc) is 3.56. The molecule has 0 amide bonds. The number of rotatable bonds is 9. The highest BCUT2D eigenvalue weighted by Gasteiger charge is 2.53. The quantitative estimate of drug-likeness (QED) is 0.100. The second kappa shape index (κ2) is 11.3. The fourth-order valence-corrected chi connectivity index (χ4v) is 11.6. The second-order valence-electron chi connectivity index (χ2n) is 7.30. The maximum Gasteiger partial charge on any atom is 0.0653 e. The molecule has 0 fully saturated rings. The van der Waals surface area contributed by atoms with Crippen molar-refractivity contribution in [3.05, 3.63) is 65.3 Å². The second-order valence-corrected chi connectivity index (χ2v) is 13.9. The maximum atomic E-state index is 5.40. The minimum Gasteiger partial charge on any atom is -0.179 e. The average molecular weight is 607 g/mol. The van der Waals surface area contributed by atoms with Crippen molar-refractivity contribution in [2.24, 2.45) is 0 Å². The van der Waals surface area contributed by atoms with E-state index in [0.717, 1.165) is 43.1 Å². The van der Waals surface area contributed by atoms with Gasteiger partial charge in [-0.3, -0.25) is 0 Å². The van der Waals surface area contributed by atoms with Crippen LogP contribution in [0, 0.1) is 0 Å². The van der Waals surface area contributed by atoms with E-state index in [1.54, 1.807) is 45.3 Å². The highest BCUT2D eigenvalue weighted by atomic mass is 32.1. The molecule has 4 aromatic heterocycles. The Morgan fingerprint density at radius 1 is 0.688 bits per heavy atom. The fraction of sp³-hybridized carbons (Fsp3) is 0.273. The molecule has 0 saturated carbocycles. The summed E-state index contributed by atoms with van der Waals surface area (Å²) in [5.41, 5.74) is -0.479. The number of hydrogen-bond acceptors (Lipinski definition) is 10. The van der Waals surface area contributed by atoms with Gasteiger partial charge in [-0.25, -0.2) is 0 Å². The van der Waals surface area contributed by atoms with Crippen LogP contribution in [0.3, 0.4) is 0 Å². The van der Waals surface area contributed by atoms with Gasteiger partial charge in [-0.1, -0.05) is 0 Å². The first-order valence-corrected chi connectivity index (χ1v) is 16.2. The molecule has 2 unspecified atom stereocenters. The van der Waals surface area contributed by atoms with Gasteiger partial charge >= 0.3 is 0 Å². The molecule has 4 rings (SSSR count). The van der Waals surface area contributed by atoms with Crippen molar-refractivity contribution < 1.29 is 0 Å². The minimum absolute atomic E-state index is 0.133. The van der Waals surface area contributed by atoms with Crippen molar-refractivity contribution in [3.8, 4) is 0 Å². The SMILES string of the molecule is SCCCC(c1sccc1S)C(c1sccc1S)(c1sccc1S)C(S)c1sccc1S. The van der Waals surface area contributed by atoms with Crippen LogP contribution < -0.4 is 0 Å². The van der Waals surface area contributed by atoms with Gasteiger partial charge in [0.15, 0.2) is 0 Å². The van der Waals surface area contributed by atoms with Gasteiger partial charge in [0.25, 0.3) is 0 Å². The molecule has 4 heterocycles. The van der Waals surface area contributed by atoms with Gasteiger partial charge in [-0.05, 0) is 64.4 Å². The molecule has 4 aromatic rings. The Bertz CT molecular complexity index is 1120. The Morgan fingerprint density at radius 2 is 1.16 bits per heavy atom. The van der Waals surface area contributed by atoms with Crippen LogP contribution in [0.1, 0.15) is 43.5 Å². The van der Waals surface area contributed by atoms with Crippen LogP contribution in [-0.2, 0) is 5.41 Å². The van der Waals surface area contributed by atoms with Gasteiger partial charge in [0.2, 0.25) is 0 Å². The van der Waals surface area contributed by atoms with E-state index in [0.29, 0.717) is 0 Å².